The molecule has 128 valence electrons. The fourth-order valence-electron chi connectivity index (χ4n) is 4.54. The summed E-state index contributed by atoms with van der Waals surface area (Å²) in [6, 6.07) is 8.47. The number of carbonyl (C=O) groups excluding carboxylic acids is 1. The number of carbonyl (C=O) groups is 1. The van der Waals surface area contributed by atoms with Crippen molar-refractivity contribution in [3.8, 4) is 0 Å². The van der Waals surface area contributed by atoms with Crippen molar-refractivity contribution >= 4 is 16.8 Å². The van der Waals surface area contributed by atoms with E-state index in [2.05, 4.69) is 39.5 Å². The molecule has 1 aromatic heterocycles. The molecule has 0 saturated heterocycles. The van der Waals surface area contributed by atoms with Crippen LogP contribution in [0.1, 0.15) is 36.9 Å². The van der Waals surface area contributed by atoms with Gasteiger partial charge in [-0.25, -0.2) is 0 Å². The maximum Gasteiger partial charge on any atom is 0.226 e. The van der Waals surface area contributed by atoms with E-state index < -0.39 is 0 Å². The molecule has 4 nitrogen and oxygen atoms in total. The number of hydrogen-bond donors (Lipinski definition) is 2. The molecule has 2 aromatic rings. The Labute approximate surface area is 143 Å². The zero-order valence-corrected chi connectivity index (χ0v) is 14.5. The van der Waals surface area contributed by atoms with Gasteiger partial charge in [0.1, 0.15) is 0 Å². The fraction of sp³-hybridized carbons (Fsp3) is 0.550. The Morgan fingerprint density at radius 1 is 1.25 bits per heavy atom. The van der Waals surface area contributed by atoms with Gasteiger partial charge in [0, 0.05) is 29.1 Å². The van der Waals surface area contributed by atoms with E-state index in [0.717, 1.165) is 44.8 Å². The molecule has 1 aromatic carbocycles. The molecule has 4 rings (SSSR count). The van der Waals surface area contributed by atoms with Crippen LogP contribution in [0.3, 0.4) is 0 Å². The van der Waals surface area contributed by atoms with E-state index in [-0.39, 0.29) is 5.92 Å². The molecule has 24 heavy (non-hydrogen) atoms. The standard InChI is InChI=1S/C20H27N3O/c1-21-12-14-6-8-15(9-7-14)20(24)23-11-10-17-16-4-2-3-5-18(16)22-19(17)13-23/h2-5,14-15,21-22H,6-13H2,1H3. The van der Waals surface area contributed by atoms with Gasteiger partial charge < -0.3 is 15.2 Å². The summed E-state index contributed by atoms with van der Waals surface area (Å²) in [5.74, 6) is 1.37. The highest BCUT2D eigenvalue weighted by Crippen LogP contribution is 2.32. The lowest BCUT2D eigenvalue weighted by Gasteiger charge is -2.34. The lowest BCUT2D eigenvalue weighted by Crippen LogP contribution is -2.41. The second-order valence-electron chi connectivity index (χ2n) is 7.41. The average molecular weight is 325 g/mol. The second kappa shape index (κ2) is 6.60. The minimum Gasteiger partial charge on any atom is -0.357 e. The summed E-state index contributed by atoms with van der Waals surface area (Å²) in [5.41, 5.74) is 3.84. The normalized spacial score (nSPS) is 24.1. The topological polar surface area (TPSA) is 48.1 Å². The first-order valence-electron chi connectivity index (χ1n) is 9.28. The molecule has 0 spiro atoms. The van der Waals surface area contributed by atoms with Gasteiger partial charge in [0.05, 0.1) is 6.54 Å². The Balaban J connectivity index is 1.44. The van der Waals surface area contributed by atoms with Crippen molar-refractivity contribution < 1.29 is 4.79 Å². The summed E-state index contributed by atoms with van der Waals surface area (Å²) >= 11 is 0. The van der Waals surface area contributed by atoms with Gasteiger partial charge in [0.15, 0.2) is 0 Å². The number of H-pyrrole nitrogens is 1. The number of nitrogens with one attached hydrogen (secondary N) is 2. The molecule has 0 radical (unpaired) electrons. The van der Waals surface area contributed by atoms with E-state index in [0.29, 0.717) is 5.91 Å². The van der Waals surface area contributed by atoms with Crippen molar-refractivity contribution in [2.75, 3.05) is 20.1 Å². The summed E-state index contributed by atoms with van der Waals surface area (Å²) in [5, 5.41) is 4.60. The molecular weight excluding hydrogens is 298 g/mol. The highest BCUT2D eigenvalue weighted by Gasteiger charge is 2.31. The third kappa shape index (κ3) is 2.84. The molecule has 4 heteroatoms. The summed E-state index contributed by atoms with van der Waals surface area (Å²) in [4.78, 5) is 18.5. The maximum absolute atomic E-state index is 12.9. The molecule has 0 unspecified atom stereocenters. The first-order chi connectivity index (χ1) is 11.8. The monoisotopic (exact) mass is 325 g/mol. The van der Waals surface area contributed by atoms with Crippen LogP contribution in [0.15, 0.2) is 24.3 Å². The van der Waals surface area contributed by atoms with Crippen LogP contribution in [0, 0.1) is 11.8 Å². The van der Waals surface area contributed by atoms with Gasteiger partial charge in [-0.05, 0) is 63.2 Å². The highest BCUT2D eigenvalue weighted by atomic mass is 16.2. The molecule has 2 aliphatic rings. The highest BCUT2D eigenvalue weighted by molar-refractivity contribution is 5.86. The van der Waals surface area contributed by atoms with Crippen molar-refractivity contribution in [1.29, 1.82) is 0 Å². The zero-order valence-electron chi connectivity index (χ0n) is 14.5. The van der Waals surface area contributed by atoms with E-state index >= 15 is 0 Å². The first kappa shape index (κ1) is 15.7. The molecule has 0 bridgehead atoms. The molecule has 1 fully saturated rings. The van der Waals surface area contributed by atoms with E-state index in [9.17, 15) is 4.79 Å². The molecule has 2 N–H and O–H groups in total. The van der Waals surface area contributed by atoms with Gasteiger partial charge in [-0.3, -0.25) is 4.79 Å². The first-order valence-corrected chi connectivity index (χ1v) is 9.28. The van der Waals surface area contributed by atoms with E-state index in [1.807, 2.05) is 7.05 Å². The van der Waals surface area contributed by atoms with Gasteiger partial charge >= 0.3 is 0 Å². The third-order valence-electron chi connectivity index (χ3n) is 5.88. The van der Waals surface area contributed by atoms with E-state index in [1.165, 1.54) is 35.0 Å². The summed E-state index contributed by atoms with van der Waals surface area (Å²) in [6.45, 7) is 2.70. The van der Waals surface area contributed by atoms with Gasteiger partial charge in [0.2, 0.25) is 5.91 Å². The number of aromatic nitrogens is 1. The predicted octanol–water partition coefficient (Wildman–Crippen LogP) is 3.08. The van der Waals surface area contributed by atoms with Gasteiger partial charge in [-0.2, -0.15) is 0 Å². The fourth-order valence-corrected chi connectivity index (χ4v) is 4.54. The number of fused-ring (bicyclic) bond motifs is 3. The van der Waals surface area contributed by atoms with Crippen molar-refractivity contribution in [1.82, 2.24) is 15.2 Å². The van der Waals surface area contributed by atoms with Gasteiger partial charge in [-0.1, -0.05) is 18.2 Å². The number of para-hydroxylation sites is 1. The molecular formula is C20H27N3O. The van der Waals surface area contributed by atoms with E-state index in [4.69, 9.17) is 0 Å². The number of aromatic amines is 1. The minimum absolute atomic E-state index is 0.240. The summed E-state index contributed by atoms with van der Waals surface area (Å²) < 4.78 is 0. The molecule has 1 aliphatic heterocycles. The second-order valence-corrected chi connectivity index (χ2v) is 7.41. The Morgan fingerprint density at radius 3 is 2.83 bits per heavy atom. The van der Waals surface area contributed by atoms with Crippen LogP contribution in [0.25, 0.3) is 10.9 Å². The summed E-state index contributed by atoms with van der Waals surface area (Å²) in [7, 11) is 2.02. The SMILES string of the molecule is CNCC1CCC(C(=O)N2CCc3c([nH]c4ccccc34)C2)CC1. The van der Waals surface area contributed by atoms with Gasteiger partial charge in [0.25, 0.3) is 0 Å². The zero-order chi connectivity index (χ0) is 16.5. The number of benzene rings is 1. The van der Waals surface area contributed by atoms with Gasteiger partial charge in [-0.15, -0.1) is 0 Å². The lowest BCUT2D eigenvalue weighted by atomic mass is 9.81. The smallest absolute Gasteiger partial charge is 0.226 e. The van der Waals surface area contributed by atoms with Crippen LogP contribution in [0.4, 0.5) is 0 Å². The molecule has 1 aliphatic carbocycles. The summed E-state index contributed by atoms with van der Waals surface area (Å²) in [6.07, 6.45) is 5.45. The lowest BCUT2D eigenvalue weighted by molar-refractivity contribution is -0.137. The maximum atomic E-state index is 12.9. The van der Waals surface area contributed by atoms with Crippen LogP contribution >= 0.6 is 0 Å². The molecule has 0 atom stereocenters. The number of rotatable bonds is 3. The Hall–Kier alpha value is -1.81. The van der Waals surface area contributed by atoms with Crippen molar-refractivity contribution in [3.05, 3.63) is 35.5 Å². The number of amides is 1. The minimum atomic E-state index is 0.240. The van der Waals surface area contributed by atoms with Crippen molar-refractivity contribution in [2.24, 2.45) is 11.8 Å². The largest absolute Gasteiger partial charge is 0.357 e. The predicted molar refractivity (Wildman–Crippen MR) is 96.8 cm³/mol. The van der Waals surface area contributed by atoms with Crippen LogP contribution in [0.2, 0.25) is 0 Å². The molecule has 1 saturated carbocycles. The Morgan fingerprint density at radius 2 is 2.04 bits per heavy atom. The van der Waals surface area contributed by atoms with Crippen LogP contribution in [0.5, 0.6) is 0 Å². The average Bonchev–Trinajstić information content (AvgIpc) is 3.00. The van der Waals surface area contributed by atoms with E-state index in [1.54, 1.807) is 0 Å². The molecule has 2 heterocycles. The van der Waals surface area contributed by atoms with Crippen LogP contribution < -0.4 is 5.32 Å². The van der Waals surface area contributed by atoms with Crippen LogP contribution in [-0.4, -0.2) is 35.9 Å². The quantitative estimate of drug-likeness (QED) is 0.911. The Bertz CT molecular complexity index is 728. The number of hydrogen-bond acceptors (Lipinski definition) is 2. The number of nitrogens with zero attached hydrogens (tertiary/aromatic N) is 1. The molecule has 1 amide bonds. The van der Waals surface area contributed by atoms with Crippen LogP contribution in [-0.2, 0) is 17.8 Å². The van der Waals surface area contributed by atoms with Crippen molar-refractivity contribution in [2.45, 2.75) is 38.6 Å². The van der Waals surface area contributed by atoms with Crippen molar-refractivity contribution in [3.63, 3.8) is 0 Å². The Kier molecular flexibility index (Phi) is 4.31. The third-order valence-corrected chi connectivity index (χ3v) is 5.88.